The molecular weight excluding hydrogens is 190 g/mol. The maximum Gasteiger partial charge on any atom is 0.269 e. The number of aromatic nitrogens is 1. The predicted octanol–water partition coefficient (Wildman–Crippen LogP) is 1.79. The molecule has 1 aromatic rings. The maximum atomic E-state index is 12.7. The van der Waals surface area contributed by atoms with Gasteiger partial charge in [0.1, 0.15) is 0 Å². The maximum absolute atomic E-state index is 12.7. The Bertz CT molecular complexity index is 329. The summed E-state index contributed by atoms with van der Waals surface area (Å²) >= 11 is 0. The van der Waals surface area contributed by atoms with Gasteiger partial charge < -0.3 is 10.5 Å². The summed E-state index contributed by atoms with van der Waals surface area (Å²) in [7, 11) is 1.31. The molecule has 0 saturated carbocycles. The van der Waals surface area contributed by atoms with Crippen molar-refractivity contribution < 1.29 is 13.5 Å². The summed E-state index contributed by atoms with van der Waals surface area (Å²) in [4.78, 5) is 3.77. The quantitative estimate of drug-likeness (QED) is 0.812. The van der Waals surface area contributed by atoms with Gasteiger partial charge in [-0.1, -0.05) is 0 Å². The minimum Gasteiger partial charge on any atom is -0.481 e. The van der Waals surface area contributed by atoms with Crippen LogP contribution in [0.5, 0.6) is 5.88 Å². The molecule has 0 bridgehead atoms. The van der Waals surface area contributed by atoms with Gasteiger partial charge in [-0.05, 0) is 18.1 Å². The fourth-order valence-electron chi connectivity index (χ4n) is 1.30. The van der Waals surface area contributed by atoms with Crippen molar-refractivity contribution in [2.45, 2.75) is 19.9 Å². The van der Waals surface area contributed by atoms with Crippen LogP contribution in [0.2, 0.25) is 0 Å². The molecule has 1 rings (SSSR count). The first-order valence-corrected chi connectivity index (χ1v) is 4.12. The number of halogens is 2. The Morgan fingerprint density at radius 2 is 2.21 bits per heavy atom. The molecule has 0 radical (unpaired) electrons. The standard InChI is InChI=1S/C9H12F2N2O/c1-5-4-13-9(14-2)7(8(10)11)6(5)3-12/h4,8H,3,12H2,1-2H3. The molecule has 0 amide bonds. The number of rotatable bonds is 3. The van der Waals surface area contributed by atoms with Crippen LogP contribution in [0.15, 0.2) is 6.20 Å². The van der Waals surface area contributed by atoms with Crippen molar-refractivity contribution in [1.29, 1.82) is 0 Å². The molecule has 0 atom stereocenters. The van der Waals surface area contributed by atoms with E-state index in [0.717, 1.165) is 0 Å². The van der Waals surface area contributed by atoms with Gasteiger partial charge in [0.25, 0.3) is 6.43 Å². The molecule has 14 heavy (non-hydrogen) atoms. The summed E-state index contributed by atoms with van der Waals surface area (Å²) < 4.78 is 30.1. The number of aryl methyl sites for hydroxylation is 1. The summed E-state index contributed by atoms with van der Waals surface area (Å²) in [5.74, 6) is -0.0500. The summed E-state index contributed by atoms with van der Waals surface area (Å²) in [5.41, 5.74) is 6.26. The third kappa shape index (κ3) is 1.82. The number of hydrogen-bond donors (Lipinski definition) is 1. The highest BCUT2D eigenvalue weighted by molar-refractivity contribution is 5.40. The average Bonchev–Trinajstić information content (AvgIpc) is 2.17. The van der Waals surface area contributed by atoms with Gasteiger partial charge in [0, 0.05) is 12.7 Å². The SMILES string of the molecule is COc1ncc(C)c(CN)c1C(F)F. The van der Waals surface area contributed by atoms with Crippen molar-refractivity contribution in [3.8, 4) is 5.88 Å². The largest absolute Gasteiger partial charge is 0.481 e. The van der Waals surface area contributed by atoms with E-state index in [9.17, 15) is 8.78 Å². The van der Waals surface area contributed by atoms with Gasteiger partial charge in [-0.3, -0.25) is 0 Å². The van der Waals surface area contributed by atoms with Gasteiger partial charge in [0.05, 0.1) is 12.7 Å². The number of nitrogens with two attached hydrogens (primary N) is 1. The van der Waals surface area contributed by atoms with E-state index < -0.39 is 6.43 Å². The monoisotopic (exact) mass is 202 g/mol. The number of nitrogens with zero attached hydrogens (tertiary/aromatic N) is 1. The lowest BCUT2D eigenvalue weighted by Gasteiger charge is -2.13. The second-order valence-corrected chi connectivity index (χ2v) is 2.85. The third-order valence-electron chi connectivity index (χ3n) is 2.02. The highest BCUT2D eigenvalue weighted by Gasteiger charge is 2.20. The van der Waals surface area contributed by atoms with E-state index in [2.05, 4.69) is 4.98 Å². The topological polar surface area (TPSA) is 48.1 Å². The number of methoxy groups -OCH3 is 1. The molecule has 0 fully saturated rings. The Labute approximate surface area is 80.9 Å². The Hall–Kier alpha value is -1.23. The van der Waals surface area contributed by atoms with E-state index in [1.807, 2.05) is 0 Å². The first-order chi connectivity index (χ1) is 6.61. The van der Waals surface area contributed by atoms with Crippen LogP contribution < -0.4 is 10.5 Å². The molecule has 0 aliphatic heterocycles. The minimum atomic E-state index is -2.61. The molecule has 0 aromatic carbocycles. The summed E-state index contributed by atoms with van der Waals surface area (Å²) in [6, 6.07) is 0. The number of alkyl halides is 2. The van der Waals surface area contributed by atoms with Crippen molar-refractivity contribution in [3.63, 3.8) is 0 Å². The molecule has 0 aliphatic rings. The highest BCUT2D eigenvalue weighted by Crippen LogP contribution is 2.31. The van der Waals surface area contributed by atoms with Gasteiger partial charge in [0.15, 0.2) is 0 Å². The summed E-state index contributed by atoms with van der Waals surface area (Å²) in [6.45, 7) is 1.75. The fraction of sp³-hybridized carbons (Fsp3) is 0.444. The smallest absolute Gasteiger partial charge is 0.269 e. The van der Waals surface area contributed by atoms with Crippen molar-refractivity contribution in [2.75, 3.05) is 7.11 Å². The van der Waals surface area contributed by atoms with Gasteiger partial charge >= 0.3 is 0 Å². The molecule has 1 heterocycles. The molecule has 0 saturated heterocycles. The van der Waals surface area contributed by atoms with Crippen LogP contribution in [0, 0.1) is 6.92 Å². The zero-order valence-corrected chi connectivity index (χ0v) is 8.05. The van der Waals surface area contributed by atoms with Crippen molar-refractivity contribution in [3.05, 3.63) is 22.9 Å². The van der Waals surface area contributed by atoms with Gasteiger partial charge in [-0.15, -0.1) is 0 Å². The number of pyridine rings is 1. The van der Waals surface area contributed by atoms with E-state index in [1.165, 1.54) is 13.3 Å². The molecule has 2 N–H and O–H groups in total. The van der Waals surface area contributed by atoms with Gasteiger partial charge in [-0.2, -0.15) is 0 Å². The van der Waals surface area contributed by atoms with Crippen molar-refractivity contribution in [1.82, 2.24) is 4.98 Å². The van der Waals surface area contributed by atoms with Gasteiger partial charge in [-0.25, -0.2) is 13.8 Å². The lowest BCUT2D eigenvalue weighted by atomic mass is 10.1. The van der Waals surface area contributed by atoms with Gasteiger partial charge in [0.2, 0.25) is 5.88 Å². The van der Waals surface area contributed by atoms with E-state index >= 15 is 0 Å². The van der Waals surface area contributed by atoms with Crippen molar-refractivity contribution >= 4 is 0 Å². The van der Waals surface area contributed by atoms with E-state index in [4.69, 9.17) is 10.5 Å². The molecule has 0 aliphatic carbocycles. The molecule has 1 aromatic heterocycles. The molecule has 5 heteroatoms. The average molecular weight is 202 g/mol. The van der Waals surface area contributed by atoms with E-state index in [1.54, 1.807) is 6.92 Å². The van der Waals surface area contributed by atoms with Crippen LogP contribution in [0.25, 0.3) is 0 Å². The Morgan fingerprint density at radius 3 is 2.64 bits per heavy atom. The lowest BCUT2D eigenvalue weighted by molar-refractivity contribution is 0.144. The Balaban J connectivity index is 3.36. The molecule has 3 nitrogen and oxygen atoms in total. The molecule has 78 valence electrons. The van der Waals surface area contributed by atoms with Crippen molar-refractivity contribution in [2.24, 2.45) is 5.73 Å². The number of ether oxygens (including phenoxy) is 1. The normalized spacial score (nSPS) is 10.7. The van der Waals surface area contributed by atoms with Crippen LogP contribution in [-0.4, -0.2) is 12.1 Å². The predicted molar refractivity (Wildman–Crippen MR) is 48.4 cm³/mol. The minimum absolute atomic E-state index is 0.0500. The van der Waals surface area contributed by atoms with Crippen LogP contribution in [-0.2, 0) is 6.54 Å². The van der Waals surface area contributed by atoms with Crippen LogP contribution in [0.3, 0.4) is 0 Å². The van der Waals surface area contributed by atoms with E-state index in [-0.39, 0.29) is 18.0 Å². The summed E-state index contributed by atoms with van der Waals surface area (Å²) in [5, 5.41) is 0. The van der Waals surface area contributed by atoms with E-state index in [0.29, 0.717) is 11.1 Å². The second kappa shape index (κ2) is 4.32. The van der Waals surface area contributed by atoms with Crippen LogP contribution in [0.4, 0.5) is 8.78 Å². The van der Waals surface area contributed by atoms with Crippen LogP contribution in [0.1, 0.15) is 23.1 Å². The highest BCUT2D eigenvalue weighted by atomic mass is 19.3. The Morgan fingerprint density at radius 1 is 1.57 bits per heavy atom. The second-order valence-electron chi connectivity index (χ2n) is 2.85. The molecule has 0 unspecified atom stereocenters. The lowest BCUT2D eigenvalue weighted by Crippen LogP contribution is -2.08. The molecular formula is C9H12F2N2O. The first kappa shape index (κ1) is 10.8. The summed E-state index contributed by atoms with van der Waals surface area (Å²) in [6.07, 6.45) is -1.14. The fourth-order valence-corrected chi connectivity index (χ4v) is 1.30. The zero-order chi connectivity index (χ0) is 10.7. The number of hydrogen-bond acceptors (Lipinski definition) is 3. The zero-order valence-electron chi connectivity index (χ0n) is 8.05. The first-order valence-electron chi connectivity index (χ1n) is 4.12. The Kier molecular flexibility index (Phi) is 3.35. The molecule has 0 spiro atoms. The van der Waals surface area contributed by atoms with Crippen LogP contribution >= 0.6 is 0 Å². The third-order valence-corrected chi connectivity index (χ3v) is 2.02.